The van der Waals surface area contributed by atoms with Crippen LogP contribution >= 0.6 is 23.4 Å². The predicted molar refractivity (Wildman–Crippen MR) is 98.6 cm³/mol. The molecule has 0 spiro atoms. The minimum atomic E-state index is -0.295. The molecule has 0 saturated heterocycles. The van der Waals surface area contributed by atoms with Gasteiger partial charge < -0.3 is 15.3 Å². The van der Waals surface area contributed by atoms with Crippen LogP contribution in [0.3, 0.4) is 0 Å². The van der Waals surface area contributed by atoms with Crippen LogP contribution in [-0.4, -0.2) is 27.2 Å². The van der Waals surface area contributed by atoms with Gasteiger partial charge >= 0.3 is 0 Å². The molecule has 0 bridgehead atoms. The van der Waals surface area contributed by atoms with Crippen molar-refractivity contribution in [1.29, 1.82) is 0 Å². The van der Waals surface area contributed by atoms with E-state index in [1.807, 2.05) is 0 Å². The first kappa shape index (κ1) is 18.3. The molecule has 6 nitrogen and oxygen atoms in total. The van der Waals surface area contributed by atoms with Gasteiger partial charge in [0.25, 0.3) is 0 Å². The van der Waals surface area contributed by atoms with Crippen LogP contribution in [-0.2, 0) is 6.61 Å². The van der Waals surface area contributed by atoms with Gasteiger partial charge in [0.05, 0.1) is 6.61 Å². The Bertz CT molecular complexity index is 843. The highest BCUT2D eigenvalue weighted by molar-refractivity contribution is 7.99. The van der Waals surface area contributed by atoms with Gasteiger partial charge in [-0.3, -0.25) is 0 Å². The summed E-state index contributed by atoms with van der Waals surface area (Å²) in [6.45, 7) is 0.623. The molecule has 0 aliphatic rings. The van der Waals surface area contributed by atoms with Crippen LogP contribution in [0.2, 0.25) is 5.02 Å². The molecule has 3 rings (SSSR count). The molecule has 1 heterocycles. The summed E-state index contributed by atoms with van der Waals surface area (Å²) in [6.07, 6.45) is 0. The molecule has 2 N–H and O–H groups in total. The van der Waals surface area contributed by atoms with Crippen molar-refractivity contribution in [2.24, 2.45) is 0 Å². The Labute approximate surface area is 159 Å². The zero-order chi connectivity index (χ0) is 18.4. The first-order chi connectivity index (χ1) is 12.6. The summed E-state index contributed by atoms with van der Waals surface area (Å²) in [6, 6.07) is 12.9. The van der Waals surface area contributed by atoms with Gasteiger partial charge in [-0.15, -0.1) is 10.2 Å². The zero-order valence-electron chi connectivity index (χ0n) is 13.6. The van der Waals surface area contributed by atoms with Crippen LogP contribution in [0.25, 0.3) is 0 Å². The molecule has 0 aliphatic heterocycles. The number of rotatable bonds is 8. The summed E-state index contributed by atoms with van der Waals surface area (Å²) in [5, 5.41) is 9.27. The van der Waals surface area contributed by atoms with Crippen LogP contribution in [0.4, 0.5) is 4.39 Å². The highest BCUT2D eigenvalue weighted by Crippen LogP contribution is 2.19. The number of nitrogen functional groups attached to an aromatic ring is 1. The van der Waals surface area contributed by atoms with Gasteiger partial charge in [-0.05, 0) is 48.5 Å². The Morgan fingerprint density at radius 1 is 1.00 bits per heavy atom. The minimum absolute atomic E-state index is 0.192. The van der Waals surface area contributed by atoms with E-state index in [0.717, 1.165) is 0 Å². The second kappa shape index (κ2) is 8.77. The molecule has 136 valence electrons. The summed E-state index contributed by atoms with van der Waals surface area (Å²) < 4.78 is 25.3. The lowest BCUT2D eigenvalue weighted by molar-refractivity contribution is 0.291. The maximum Gasteiger partial charge on any atom is 0.210 e. The number of aromatic nitrogens is 3. The van der Waals surface area contributed by atoms with E-state index in [9.17, 15) is 4.39 Å². The van der Waals surface area contributed by atoms with E-state index in [4.69, 9.17) is 26.9 Å². The number of ether oxygens (including phenoxy) is 2. The Balaban J connectivity index is 1.45. The molecule has 0 amide bonds. The number of hydrogen-bond acceptors (Lipinski definition) is 6. The van der Waals surface area contributed by atoms with Gasteiger partial charge in [-0.2, -0.15) is 0 Å². The molecule has 0 unspecified atom stereocenters. The van der Waals surface area contributed by atoms with E-state index in [0.29, 0.717) is 39.9 Å². The smallest absolute Gasteiger partial charge is 0.210 e. The Morgan fingerprint density at radius 2 is 1.65 bits per heavy atom. The third kappa shape index (κ3) is 5.03. The molecule has 26 heavy (non-hydrogen) atoms. The number of nitrogens with zero attached hydrogens (tertiary/aromatic N) is 3. The lowest BCUT2D eigenvalue weighted by Gasteiger charge is -2.07. The van der Waals surface area contributed by atoms with Crippen molar-refractivity contribution in [3.8, 4) is 11.5 Å². The van der Waals surface area contributed by atoms with Crippen molar-refractivity contribution in [2.75, 3.05) is 18.2 Å². The second-order valence-electron chi connectivity index (χ2n) is 5.16. The topological polar surface area (TPSA) is 75.2 Å². The Morgan fingerprint density at radius 3 is 2.38 bits per heavy atom. The fourth-order valence-electron chi connectivity index (χ4n) is 2.01. The highest BCUT2D eigenvalue weighted by Gasteiger charge is 2.11. The molecule has 2 aromatic carbocycles. The minimum Gasteiger partial charge on any atom is -0.493 e. The lowest BCUT2D eigenvalue weighted by atomic mass is 10.3. The summed E-state index contributed by atoms with van der Waals surface area (Å²) in [5.74, 6) is 8.09. The molecule has 0 radical (unpaired) electrons. The SMILES string of the molecule is Nn1c(COc2ccc(Cl)cc2)nnc1SCCOc1ccc(F)cc1. The summed E-state index contributed by atoms with van der Waals surface area (Å²) >= 11 is 7.24. The molecule has 3 aromatic rings. The van der Waals surface area contributed by atoms with Gasteiger partial charge in [-0.25, -0.2) is 9.07 Å². The fourth-order valence-corrected chi connectivity index (χ4v) is 2.82. The van der Waals surface area contributed by atoms with E-state index < -0.39 is 0 Å². The maximum atomic E-state index is 12.8. The predicted octanol–water partition coefficient (Wildman–Crippen LogP) is 3.53. The van der Waals surface area contributed by atoms with Crippen LogP contribution in [0.5, 0.6) is 11.5 Å². The average molecular weight is 395 g/mol. The molecule has 0 fully saturated rings. The number of benzene rings is 2. The van der Waals surface area contributed by atoms with E-state index in [1.54, 1.807) is 36.4 Å². The van der Waals surface area contributed by atoms with Crippen molar-refractivity contribution in [1.82, 2.24) is 14.9 Å². The van der Waals surface area contributed by atoms with Crippen molar-refractivity contribution in [2.45, 2.75) is 11.8 Å². The van der Waals surface area contributed by atoms with Crippen molar-refractivity contribution >= 4 is 23.4 Å². The Hall–Kier alpha value is -2.45. The lowest BCUT2D eigenvalue weighted by Crippen LogP contribution is -2.16. The molecular formula is C17H16ClFN4O2S. The maximum absolute atomic E-state index is 12.8. The van der Waals surface area contributed by atoms with Gasteiger partial charge in [0, 0.05) is 10.8 Å². The van der Waals surface area contributed by atoms with Crippen LogP contribution in [0.15, 0.2) is 53.7 Å². The van der Waals surface area contributed by atoms with Gasteiger partial charge in [0.1, 0.15) is 23.9 Å². The molecule has 1 aromatic heterocycles. The van der Waals surface area contributed by atoms with Crippen molar-refractivity contribution < 1.29 is 13.9 Å². The number of thioether (sulfide) groups is 1. The van der Waals surface area contributed by atoms with Crippen molar-refractivity contribution in [3.63, 3.8) is 0 Å². The zero-order valence-corrected chi connectivity index (χ0v) is 15.2. The summed E-state index contributed by atoms with van der Waals surface area (Å²) in [4.78, 5) is 0. The molecule has 0 atom stereocenters. The van der Waals surface area contributed by atoms with E-state index in [-0.39, 0.29) is 12.4 Å². The monoisotopic (exact) mass is 394 g/mol. The number of hydrogen-bond donors (Lipinski definition) is 1. The molecule has 0 saturated carbocycles. The Kier molecular flexibility index (Phi) is 6.19. The summed E-state index contributed by atoms with van der Waals surface area (Å²) in [7, 11) is 0. The third-order valence-corrected chi connectivity index (χ3v) is 4.47. The largest absolute Gasteiger partial charge is 0.493 e. The second-order valence-corrected chi connectivity index (χ2v) is 6.66. The molecule has 0 aliphatic carbocycles. The molecular weight excluding hydrogens is 379 g/mol. The van der Waals surface area contributed by atoms with E-state index in [2.05, 4.69) is 10.2 Å². The average Bonchev–Trinajstić information content (AvgIpc) is 3.00. The van der Waals surface area contributed by atoms with E-state index in [1.165, 1.54) is 28.6 Å². The van der Waals surface area contributed by atoms with Crippen LogP contribution in [0.1, 0.15) is 5.82 Å². The standard InChI is InChI=1S/C17H16ClFN4O2S/c18-12-1-5-15(6-2-12)25-11-16-21-22-17(23(16)20)26-10-9-24-14-7-3-13(19)4-8-14/h1-8H,9-11,20H2. The van der Waals surface area contributed by atoms with Crippen LogP contribution in [0, 0.1) is 5.82 Å². The quantitative estimate of drug-likeness (QED) is 0.358. The number of nitrogens with two attached hydrogens (primary N) is 1. The van der Waals surface area contributed by atoms with Crippen molar-refractivity contribution in [3.05, 3.63) is 65.2 Å². The summed E-state index contributed by atoms with van der Waals surface area (Å²) in [5.41, 5.74) is 0. The fraction of sp³-hybridized carbons (Fsp3) is 0.176. The third-order valence-electron chi connectivity index (χ3n) is 3.31. The normalized spacial score (nSPS) is 10.7. The highest BCUT2D eigenvalue weighted by atomic mass is 35.5. The van der Waals surface area contributed by atoms with Crippen LogP contribution < -0.4 is 15.3 Å². The first-order valence-electron chi connectivity index (χ1n) is 7.71. The molecule has 9 heteroatoms. The van der Waals surface area contributed by atoms with E-state index >= 15 is 0 Å². The van der Waals surface area contributed by atoms with Gasteiger partial charge in [0.15, 0.2) is 5.82 Å². The van der Waals surface area contributed by atoms with Gasteiger partial charge in [0.2, 0.25) is 5.16 Å². The first-order valence-corrected chi connectivity index (χ1v) is 9.07. The number of halogens is 2. The van der Waals surface area contributed by atoms with Gasteiger partial charge in [-0.1, -0.05) is 23.4 Å².